The summed E-state index contributed by atoms with van der Waals surface area (Å²) < 4.78 is 23.1. The van der Waals surface area contributed by atoms with E-state index in [-0.39, 0.29) is 11.3 Å². The van der Waals surface area contributed by atoms with Crippen molar-refractivity contribution >= 4 is 27.1 Å². The van der Waals surface area contributed by atoms with Crippen LogP contribution in [0, 0.1) is 0 Å². The molecule has 1 aliphatic rings. The van der Waals surface area contributed by atoms with Gasteiger partial charge in [-0.1, -0.05) is 25.0 Å². The minimum atomic E-state index is -3.20. The Hall–Kier alpha value is -1.70. The largest absolute Gasteiger partial charge is 0.388 e. The number of sulfone groups is 1. The van der Waals surface area contributed by atoms with Crippen molar-refractivity contribution in [3.63, 3.8) is 0 Å². The molecule has 1 aromatic heterocycles. The number of aliphatic hydroxyl groups excluding tert-OH is 1. The second-order valence-electron chi connectivity index (χ2n) is 8.06. The maximum absolute atomic E-state index is 12.4. The maximum Gasteiger partial charge on any atom is 0.220 e. The lowest BCUT2D eigenvalue weighted by Crippen LogP contribution is -2.38. The fourth-order valence-electron chi connectivity index (χ4n) is 3.94. The summed E-state index contributed by atoms with van der Waals surface area (Å²) in [4.78, 5) is 15.0. The molecule has 1 saturated carbocycles. The minimum absolute atomic E-state index is 0.00997. The van der Waals surface area contributed by atoms with Crippen molar-refractivity contribution in [2.24, 2.45) is 0 Å². The summed E-state index contributed by atoms with van der Waals surface area (Å²) in [6, 6.07) is 10.8. The molecule has 0 bridgehead atoms. The first kappa shape index (κ1) is 22.0. The number of thiophene rings is 1. The predicted octanol–water partition coefficient (Wildman–Crippen LogP) is 3.77. The van der Waals surface area contributed by atoms with Crippen LogP contribution in [0.2, 0.25) is 0 Å². The molecule has 1 unspecified atom stereocenters. The van der Waals surface area contributed by atoms with E-state index in [0.717, 1.165) is 36.1 Å². The molecule has 1 aromatic carbocycles. The van der Waals surface area contributed by atoms with Gasteiger partial charge < -0.3 is 10.4 Å². The van der Waals surface area contributed by atoms with Gasteiger partial charge in [0.05, 0.1) is 11.0 Å². The maximum atomic E-state index is 12.4. The second kappa shape index (κ2) is 8.98. The van der Waals surface area contributed by atoms with Gasteiger partial charge in [-0.3, -0.25) is 4.79 Å². The fourth-order valence-corrected chi connectivity index (χ4v) is 5.76. The molecule has 1 amide bonds. The molecule has 3 rings (SSSR count). The van der Waals surface area contributed by atoms with Crippen molar-refractivity contribution in [2.75, 3.05) is 12.8 Å². The van der Waals surface area contributed by atoms with Gasteiger partial charge in [-0.2, -0.15) is 0 Å². The first-order chi connectivity index (χ1) is 13.7. The van der Waals surface area contributed by atoms with Gasteiger partial charge in [0, 0.05) is 34.4 Å². The molecule has 1 fully saturated rings. The molecular weight excluding hydrogens is 406 g/mol. The quantitative estimate of drug-likeness (QED) is 0.661. The van der Waals surface area contributed by atoms with E-state index in [1.807, 2.05) is 6.07 Å². The van der Waals surface area contributed by atoms with E-state index in [0.29, 0.717) is 24.3 Å². The first-order valence-corrected chi connectivity index (χ1v) is 12.7. The minimum Gasteiger partial charge on any atom is -0.388 e. The molecule has 0 saturated heterocycles. The molecule has 7 heteroatoms. The zero-order valence-corrected chi connectivity index (χ0v) is 18.6. The van der Waals surface area contributed by atoms with Crippen LogP contribution in [-0.2, 0) is 26.5 Å². The number of amides is 1. The standard InChI is InChI=1S/C22H29NO4S2/c1-16(24)19-10-11-20(28-19)22(13-3-4-14-22)15-23-21(25)12-7-17-5-8-18(9-6-17)29(2,26)27/h5-6,8-11,16,24H,3-4,7,12-15H2,1-2H3,(H,23,25). The summed E-state index contributed by atoms with van der Waals surface area (Å²) in [7, 11) is -3.20. The summed E-state index contributed by atoms with van der Waals surface area (Å²) in [5, 5.41) is 12.9. The van der Waals surface area contributed by atoms with Crippen molar-refractivity contribution < 1.29 is 18.3 Å². The van der Waals surface area contributed by atoms with Crippen LogP contribution in [0.5, 0.6) is 0 Å². The van der Waals surface area contributed by atoms with Crippen molar-refractivity contribution in [1.29, 1.82) is 0 Å². The van der Waals surface area contributed by atoms with Gasteiger partial charge >= 0.3 is 0 Å². The third kappa shape index (κ3) is 5.47. The lowest BCUT2D eigenvalue weighted by molar-refractivity contribution is -0.121. The highest BCUT2D eigenvalue weighted by Gasteiger charge is 2.37. The van der Waals surface area contributed by atoms with Crippen LogP contribution < -0.4 is 5.32 Å². The van der Waals surface area contributed by atoms with Crippen molar-refractivity contribution in [3.8, 4) is 0 Å². The molecule has 0 aliphatic heterocycles. The van der Waals surface area contributed by atoms with Gasteiger partial charge in [-0.15, -0.1) is 11.3 Å². The Bertz CT molecular complexity index is 939. The number of nitrogens with one attached hydrogen (secondary N) is 1. The van der Waals surface area contributed by atoms with Crippen LogP contribution in [0.15, 0.2) is 41.3 Å². The number of aliphatic hydroxyl groups is 1. The summed E-state index contributed by atoms with van der Waals surface area (Å²) in [6.07, 6.45) is 6.10. The molecule has 0 radical (unpaired) electrons. The number of aryl methyl sites for hydroxylation is 1. The van der Waals surface area contributed by atoms with E-state index in [1.165, 1.54) is 11.1 Å². The molecule has 1 aliphatic carbocycles. The van der Waals surface area contributed by atoms with Crippen LogP contribution in [0.25, 0.3) is 0 Å². The Balaban J connectivity index is 1.57. The number of carbonyl (C=O) groups is 1. The number of carbonyl (C=O) groups excluding carboxylic acids is 1. The lowest BCUT2D eigenvalue weighted by atomic mass is 9.84. The smallest absolute Gasteiger partial charge is 0.220 e. The highest BCUT2D eigenvalue weighted by Crippen LogP contribution is 2.44. The predicted molar refractivity (Wildman–Crippen MR) is 116 cm³/mol. The molecule has 1 atom stereocenters. The molecular formula is C22H29NO4S2. The van der Waals surface area contributed by atoms with Crippen molar-refractivity contribution in [3.05, 3.63) is 51.7 Å². The summed E-state index contributed by atoms with van der Waals surface area (Å²) in [5.74, 6) is 0.00997. The van der Waals surface area contributed by atoms with Gasteiger partial charge in [0.25, 0.3) is 0 Å². The molecule has 0 spiro atoms. The molecule has 1 heterocycles. The van der Waals surface area contributed by atoms with E-state index in [9.17, 15) is 18.3 Å². The number of hydrogen-bond donors (Lipinski definition) is 2. The van der Waals surface area contributed by atoms with Crippen LogP contribution in [-0.4, -0.2) is 32.2 Å². The van der Waals surface area contributed by atoms with Crippen LogP contribution in [0.3, 0.4) is 0 Å². The fraction of sp³-hybridized carbons (Fsp3) is 0.500. The van der Waals surface area contributed by atoms with Gasteiger partial charge in [-0.25, -0.2) is 8.42 Å². The zero-order chi connectivity index (χ0) is 21.1. The van der Waals surface area contributed by atoms with Gasteiger partial charge in [-0.05, 0) is 56.0 Å². The topological polar surface area (TPSA) is 83.5 Å². The Kier molecular flexibility index (Phi) is 6.81. The Morgan fingerprint density at radius 3 is 2.38 bits per heavy atom. The summed E-state index contributed by atoms with van der Waals surface area (Å²) in [5.41, 5.74) is 0.924. The van der Waals surface area contributed by atoms with E-state index in [2.05, 4.69) is 11.4 Å². The number of benzene rings is 1. The van der Waals surface area contributed by atoms with E-state index >= 15 is 0 Å². The number of rotatable bonds is 8. The molecule has 2 aromatic rings. The third-order valence-corrected chi connectivity index (χ3v) is 8.37. The van der Waals surface area contributed by atoms with E-state index < -0.39 is 15.9 Å². The Labute approximate surface area is 177 Å². The molecule has 2 N–H and O–H groups in total. The van der Waals surface area contributed by atoms with Gasteiger partial charge in [0.15, 0.2) is 9.84 Å². The second-order valence-corrected chi connectivity index (χ2v) is 11.2. The van der Waals surface area contributed by atoms with Gasteiger partial charge in [0.1, 0.15) is 0 Å². The van der Waals surface area contributed by atoms with Crippen LogP contribution in [0.4, 0.5) is 0 Å². The SMILES string of the molecule is CC(O)c1ccc(C2(CNC(=O)CCc3ccc(S(C)(=O)=O)cc3)CCCC2)s1. The molecule has 5 nitrogen and oxygen atoms in total. The van der Waals surface area contributed by atoms with Crippen LogP contribution >= 0.6 is 11.3 Å². The summed E-state index contributed by atoms with van der Waals surface area (Å²) in [6.45, 7) is 2.40. The zero-order valence-electron chi connectivity index (χ0n) is 17.0. The van der Waals surface area contributed by atoms with E-state index in [4.69, 9.17) is 0 Å². The average Bonchev–Trinajstić information content (AvgIpc) is 3.34. The number of hydrogen-bond acceptors (Lipinski definition) is 5. The summed E-state index contributed by atoms with van der Waals surface area (Å²) >= 11 is 1.65. The van der Waals surface area contributed by atoms with Gasteiger partial charge in [0.2, 0.25) is 5.91 Å². The van der Waals surface area contributed by atoms with Crippen molar-refractivity contribution in [1.82, 2.24) is 5.32 Å². The third-order valence-electron chi connectivity index (χ3n) is 5.74. The molecule has 158 valence electrons. The average molecular weight is 436 g/mol. The Morgan fingerprint density at radius 2 is 1.83 bits per heavy atom. The highest BCUT2D eigenvalue weighted by molar-refractivity contribution is 7.90. The monoisotopic (exact) mass is 435 g/mol. The highest BCUT2D eigenvalue weighted by atomic mass is 32.2. The van der Waals surface area contributed by atoms with E-state index in [1.54, 1.807) is 42.5 Å². The lowest BCUT2D eigenvalue weighted by Gasteiger charge is -2.28. The van der Waals surface area contributed by atoms with Crippen LogP contribution in [0.1, 0.15) is 60.4 Å². The normalized spacial score (nSPS) is 17.2. The Morgan fingerprint density at radius 1 is 1.17 bits per heavy atom. The van der Waals surface area contributed by atoms with Crippen molar-refractivity contribution in [2.45, 2.75) is 61.9 Å². The first-order valence-electron chi connectivity index (χ1n) is 10.0. The molecule has 29 heavy (non-hydrogen) atoms.